The number of rotatable bonds is 6. The van der Waals surface area contributed by atoms with Gasteiger partial charge < -0.3 is 9.88 Å². The van der Waals surface area contributed by atoms with E-state index in [1.165, 1.54) is 11.8 Å². The first-order valence-corrected chi connectivity index (χ1v) is 8.73. The number of nitrogens with zero attached hydrogens (tertiary/aromatic N) is 4. The maximum absolute atomic E-state index is 12.3. The molecule has 1 aromatic carbocycles. The summed E-state index contributed by atoms with van der Waals surface area (Å²) in [5, 5.41) is 9.89. The Morgan fingerprint density at radius 3 is 2.88 bits per heavy atom. The first-order chi connectivity index (χ1) is 11.6. The van der Waals surface area contributed by atoms with Crippen molar-refractivity contribution in [1.29, 1.82) is 0 Å². The van der Waals surface area contributed by atoms with Gasteiger partial charge >= 0.3 is 0 Å². The molecule has 0 radical (unpaired) electrons. The Morgan fingerprint density at radius 2 is 2.12 bits per heavy atom. The molecule has 0 aliphatic rings. The van der Waals surface area contributed by atoms with Crippen LogP contribution in [0.5, 0.6) is 0 Å². The Balaban J connectivity index is 1.74. The average molecular weight is 341 g/mol. The van der Waals surface area contributed by atoms with E-state index in [9.17, 15) is 4.79 Å². The van der Waals surface area contributed by atoms with Gasteiger partial charge in [0, 0.05) is 24.0 Å². The summed E-state index contributed by atoms with van der Waals surface area (Å²) in [6, 6.07) is 7.88. The molecule has 1 N–H and O–H groups in total. The number of hydrogen-bond donors (Lipinski definition) is 1. The van der Waals surface area contributed by atoms with Crippen LogP contribution in [0.15, 0.2) is 41.6 Å². The van der Waals surface area contributed by atoms with Crippen LogP contribution < -0.4 is 0 Å². The van der Waals surface area contributed by atoms with Gasteiger partial charge in [-0.25, -0.2) is 4.98 Å². The molecule has 124 valence electrons. The van der Waals surface area contributed by atoms with Crippen molar-refractivity contribution in [3.8, 4) is 0 Å². The molecule has 3 rings (SSSR count). The normalized spacial score (nSPS) is 11.1. The van der Waals surface area contributed by atoms with Crippen LogP contribution >= 0.6 is 11.8 Å². The second kappa shape index (κ2) is 7.00. The maximum Gasteiger partial charge on any atom is 0.233 e. The number of aromatic nitrogens is 4. The molecule has 6 nitrogen and oxygen atoms in total. The van der Waals surface area contributed by atoms with Gasteiger partial charge in [0.25, 0.3) is 0 Å². The number of thioether (sulfide) groups is 1. The van der Waals surface area contributed by atoms with Crippen LogP contribution in [-0.2, 0) is 4.79 Å². The molecular formula is C17H19N5OS. The van der Waals surface area contributed by atoms with Gasteiger partial charge in [-0.05, 0) is 19.9 Å². The highest BCUT2D eigenvalue weighted by atomic mass is 32.2. The zero-order valence-corrected chi connectivity index (χ0v) is 14.6. The SMILES string of the molecule is C=C(C)CN(CC)C(=O)CSc1nnc2c(n1)[nH]c1ccccc12. The summed E-state index contributed by atoms with van der Waals surface area (Å²) in [5.41, 5.74) is 3.38. The molecule has 0 saturated carbocycles. The van der Waals surface area contributed by atoms with E-state index in [1.54, 1.807) is 4.90 Å². The van der Waals surface area contributed by atoms with E-state index in [0.29, 0.717) is 23.9 Å². The first kappa shape index (κ1) is 16.4. The summed E-state index contributed by atoms with van der Waals surface area (Å²) in [4.78, 5) is 21.7. The molecule has 0 fully saturated rings. The van der Waals surface area contributed by atoms with E-state index in [2.05, 4.69) is 26.7 Å². The zero-order chi connectivity index (χ0) is 17.1. The number of carbonyl (C=O) groups is 1. The van der Waals surface area contributed by atoms with Crippen molar-refractivity contribution < 1.29 is 4.79 Å². The molecule has 0 aliphatic carbocycles. The van der Waals surface area contributed by atoms with Gasteiger partial charge in [-0.1, -0.05) is 42.1 Å². The molecule has 0 aliphatic heterocycles. The Kier molecular flexibility index (Phi) is 4.80. The van der Waals surface area contributed by atoms with Crippen molar-refractivity contribution >= 4 is 39.7 Å². The minimum absolute atomic E-state index is 0.0471. The van der Waals surface area contributed by atoms with Crippen molar-refractivity contribution in [1.82, 2.24) is 25.1 Å². The number of hydrogen-bond acceptors (Lipinski definition) is 5. The third kappa shape index (κ3) is 3.41. The molecule has 24 heavy (non-hydrogen) atoms. The lowest BCUT2D eigenvalue weighted by atomic mass is 10.2. The van der Waals surface area contributed by atoms with E-state index in [4.69, 9.17) is 0 Å². The van der Waals surface area contributed by atoms with E-state index < -0.39 is 0 Å². The second-order valence-corrected chi connectivity index (χ2v) is 6.56. The van der Waals surface area contributed by atoms with Crippen molar-refractivity contribution in [3.63, 3.8) is 0 Å². The number of likely N-dealkylation sites (N-methyl/N-ethyl adjacent to an activating group) is 1. The molecule has 1 amide bonds. The van der Waals surface area contributed by atoms with Gasteiger partial charge in [0.1, 0.15) is 5.52 Å². The minimum Gasteiger partial charge on any atom is -0.338 e. The summed E-state index contributed by atoms with van der Waals surface area (Å²) in [7, 11) is 0. The van der Waals surface area contributed by atoms with Gasteiger partial charge in [0.2, 0.25) is 11.1 Å². The van der Waals surface area contributed by atoms with Crippen LogP contribution in [0.4, 0.5) is 0 Å². The second-order valence-electron chi connectivity index (χ2n) is 5.62. The van der Waals surface area contributed by atoms with Crippen molar-refractivity contribution in [3.05, 3.63) is 36.4 Å². The highest BCUT2D eigenvalue weighted by Crippen LogP contribution is 2.23. The van der Waals surface area contributed by atoms with Gasteiger partial charge in [-0.3, -0.25) is 4.79 Å². The zero-order valence-electron chi connectivity index (χ0n) is 13.7. The van der Waals surface area contributed by atoms with Crippen LogP contribution in [0.2, 0.25) is 0 Å². The number of fused-ring (bicyclic) bond motifs is 3. The van der Waals surface area contributed by atoms with Gasteiger partial charge in [-0.15, -0.1) is 10.2 Å². The Morgan fingerprint density at radius 1 is 1.33 bits per heavy atom. The van der Waals surface area contributed by atoms with Gasteiger partial charge in [0.05, 0.1) is 5.75 Å². The molecule has 0 saturated heterocycles. The summed E-state index contributed by atoms with van der Waals surface area (Å²) >= 11 is 1.30. The molecule has 7 heteroatoms. The maximum atomic E-state index is 12.3. The number of nitrogens with one attached hydrogen (secondary N) is 1. The fourth-order valence-corrected chi connectivity index (χ4v) is 3.18. The van der Waals surface area contributed by atoms with Crippen LogP contribution in [0.3, 0.4) is 0 Å². The molecular weight excluding hydrogens is 322 g/mol. The van der Waals surface area contributed by atoms with Crippen molar-refractivity contribution in [2.45, 2.75) is 19.0 Å². The number of H-pyrrole nitrogens is 1. The number of benzene rings is 1. The molecule has 0 bridgehead atoms. The number of aromatic amines is 1. The van der Waals surface area contributed by atoms with Crippen LogP contribution in [0, 0.1) is 0 Å². The lowest BCUT2D eigenvalue weighted by Crippen LogP contribution is -2.33. The third-order valence-electron chi connectivity index (χ3n) is 3.62. The predicted octanol–water partition coefficient (Wildman–Crippen LogP) is 3.02. The smallest absolute Gasteiger partial charge is 0.233 e. The highest BCUT2D eigenvalue weighted by molar-refractivity contribution is 7.99. The van der Waals surface area contributed by atoms with Gasteiger partial charge in [0.15, 0.2) is 5.65 Å². The Bertz CT molecular complexity index is 904. The van der Waals surface area contributed by atoms with E-state index in [1.807, 2.05) is 38.1 Å². The van der Waals surface area contributed by atoms with Gasteiger partial charge in [-0.2, -0.15) is 0 Å². The average Bonchev–Trinajstić information content (AvgIpc) is 2.95. The Labute approximate surface area is 144 Å². The largest absolute Gasteiger partial charge is 0.338 e. The quantitative estimate of drug-likeness (QED) is 0.551. The lowest BCUT2D eigenvalue weighted by molar-refractivity contribution is -0.127. The standard InChI is InChI=1S/C17H19N5OS/c1-4-22(9-11(2)3)14(23)10-24-17-19-16-15(20-21-17)12-7-5-6-8-13(12)18-16/h5-8H,2,4,9-10H2,1,3H3,(H,18,19,21). The first-order valence-electron chi connectivity index (χ1n) is 7.74. The molecule has 0 atom stereocenters. The minimum atomic E-state index is 0.0471. The summed E-state index contributed by atoms with van der Waals surface area (Å²) < 4.78 is 0. The molecule has 3 aromatic rings. The molecule has 0 spiro atoms. The van der Waals surface area contributed by atoms with Crippen molar-refractivity contribution in [2.24, 2.45) is 0 Å². The Hall–Kier alpha value is -2.41. The topological polar surface area (TPSA) is 74.8 Å². The molecule has 2 aromatic heterocycles. The summed E-state index contributed by atoms with van der Waals surface area (Å²) in [6.45, 7) is 8.97. The van der Waals surface area contributed by atoms with Crippen LogP contribution in [0.25, 0.3) is 22.1 Å². The number of amides is 1. The molecule has 2 heterocycles. The van der Waals surface area contributed by atoms with E-state index in [0.717, 1.165) is 22.0 Å². The number of carbonyl (C=O) groups excluding carboxylic acids is 1. The van der Waals surface area contributed by atoms with E-state index >= 15 is 0 Å². The van der Waals surface area contributed by atoms with Crippen LogP contribution in [0.1, 0.15) is 13.8 Å². The van der Waals surface area contributed by atoms with Crippen molar-refractivity contribution in [2.75, 3.05) is 18.8 Å². The summed E-state index contributed by atoms with van der Waals surface area (Å²) in [5.74, 6) is 0.333. The molecule has 0 unspecified atom stereocenters. The van der Waals surface area contributed by atoms with Crippen LogP contribution in [-0.4, -0.2) is 49.8 Å². The fourth-order valence-electron chi connectivity index (χ4n) is 2.49. The fraction of sp³-hybridized carbons (Fsp3) is 0.294. The third-order valence-corrected chi connectivity index (χ3v) is 4.44. The highest BCUT2D eigenvalue weighted by Gasteiger charge is 2.14. The monoisotopic (exact) mass is 341 g/mol. The number of para-hydroxylation sites is 1. The van der Waals surface area contributed by atoms with E-state index in [-0.39, 0.29) is 11.7 Å². The lowest BCUT2D eigenvalue weighted by Gasteiger charge is -2.20. The summed E-state index contributed by atoms with van der Waals surface area (Å²) in [6.07, 6.45) is 0. The predicted molar refractivity (Wildman–Crippen MR) is 97.0 cm³/mol.